The summed E-state index contributed by atoms with van der Waals surface area (Å²) in [6, 6.07) is 13.1. The van der Waals surface area contributed by atoms with Gasteiger partial charge in [0.15, 0.2) is 0 Å². The van der Waals surface area contributed by atoms with Crippen LogP contribution in [0.25, 0.3) is 0 Å². The zero-order chi connectivity index (χ0) is 16.1. The molecule has 0 bridgehead atoms. The van der Waals surface area contributed by atoms with Crippen LogP contribution in [-0.2, 0) is 4.79 Å². The van der Waals surface area contributed by atoms with Crippen LogP contribution < -0.4 is 10.1 Å². The van der Waals surface area contributed by atoms with Crippen molar-refractivity contribution in [1.29, 1.82) is 0 Å². The first kappa shape index (κ1) is 16.7. The number of carbonyl (C=O) groups excluding carboxylic acids is 1. The number of thioether (sulfide) groups is 1. The van der Waals surface area contributed by atoms with E-state index in [-0.39, 0.29) is 11.2 Å². The second kappa shape index (κ2) is 7.56. The van der Waals surface area contributed by atoms with Gasteiger partial charge in [0.25, 0.3) is 0 Å². The Balaban J connectivity index is 1.99. The second-order valence-electron chi connectivity index (χ2n) is 4.88. The number of amides is 1. The van der Waals surface area contributed by atoms with Gasteiger partial charge in [-0.2, -0.15) is 0 Å². The number of hydrogen-bond donors (Lipinski definition) is 1. The number of rotatable bonds is 5. The zero-order valence-corrected chi connectivity index (χ0v) is 14.3. The SMILES string of the molecule is COc1ccc(S[C@@H](C)C(=O)Nc2ccc(Cl)cc2C)cc1. The summed E-state index contributed by atoms with van der Waals surface area (Å²) < 4.78 is 5.12. The van der Waals surface area contributed by atoms with Crippen molar-refractivity contribution in [2.24, 2.45) is 0 Å². The average molecular weight is 336 g/mol. The highest BCUT2D eigenvalue weighted by molar-refractivity contribution is 8.00. The van der Waals surface area contributed by atoms with Crippen LogP contribution in [0, 0.1) is 6.92 Å². The molecule has 0 aliphatic carbocycles. The van der Waals surface area contributed by atoms with Gasteiger partial charge in [-0.05, 0) is 61.9 Å². The lowest BCUT2D eigenvalue weighted by molar-refractivity contribution is -0.115. The first-order valence-corrected chi connectivity index (χ1v) is 8.13. The molecule has 0 aliphatic rings. The molecular weight excluding hydrogens is 318 g/mol. The number of ether oxygens (including phenoxy) is 1. The summed E-state index contributed by atoms with van der Waals surface area (Å²) in [5.74, 6) is 0.768. The Morgan fingerprint density at radius 2 is 1.91 bits per heavy atom. The van der Waals surface area contributed by atoms with Crippen molar-refractivity contribution >= 4 is 35.0 Å². The van der Waals surface area contributed by atoms with Crippen molar-refractivity contribution in [1.82, 2.24) is 0 Å². The maximum absolute atomic E-state index is 12.3. The van der Waals surface area contributed by atoms with E-state index in [9.17, 15) is 4.79 Å². The molecule has 1 atom stereocenters. The lowest BCUT2D eigenvalue weighted by Crippen LogP contribution is -2.22. The van der Waals surface area contributed by atoms with Crippen molar-refractivity contribution in [3.05, 3.63) is 53.1 Å². The number of aryl methyl sites for hydroxylation is 1. The number of halogens is 1. The van der Waals surface area contributed by atoms with Crippen molar-refractivity contribution in [3.8, 4) is 5.75 Å². The lowest BCUT2D eigenvalue weighted by atomic mass is 10.2. The molecule has 116 valence electrons. The molecule has 0 spiro atoms. The third kappa shape index (κ3) is 4.42. The number of anilines is 1. The molecule has 2 aromatic carbocycles. The molecule has 0 aromatic heterocycles. The van der Waals surface area contributed by atoms with E-state index in [1.807, 2.05) is 50.2 Å². The van der Waals surface area contributed by atoms with E-state index in [1.165, 1.54) is 11.8 Å². The van der Waals surface area contributed by atoms with Crippen molar-refractivity contribution in [3.63, 3.8) is 0 Å². The zero-order valence-electron chi connectivity index (χ0n) is 12.7. The van der Waals surface area contributed by atoms with Crippen LogP contribution in [0.1, 0.15) is 12.5 Å². The molecule has 0 fully saturated rings. The van der Waals surface area contributed by atoms with Gasteiger partial charge < -0.3 is 10.1 Å². The molecule has 3 nitrogen and oxygen atoms in total. The van der Waals surface area contributed by atoms with Crippen LogP contribution in [-0.4, -0.2) is 18.3 Å². The van der Waals surface area contributed by atoms with Gasteiger partial charge in [0, 0.05) is 15.6 Å². The molecule has 0 saturated heterocycles. The summed E-state index contributed by atoms with van der Waals surface area (Å²) >= 11 is 7.43. The van der Waals surface area contributed by atoms with Gasteiger partial charge in [0.05, 0.1) is 12.4 Å². The van der Waals surface area contributed by atoms with Crippen molar-refractivity contribution in [2.75, 3.05) is 12.4 Å². The predicted molar refractivity (Wildman–Crippen MR) is 93.1 cm³/mol. The van der Waals surface area contributed by atoms with Gasteiger partial charge in [0.1, 0.15) is 5.75 Å². The lowest BCUT2D eigenvalue weighted by Gasteiger charge is -2.14. The van der Waals surface area contributed by atoms with Gasteiger partial charge in [-0.25, -0.2) is 0 Å². The minimum absolute atomic E-state index is 0.0359. The summed E-state index contributed by atoms with van der Waals surface area (Å²) in [7, 11) is 1.63. The molecule has 2 aromatic rings. The molecule has 22 heavy (non-hydrogen) atoms. The largest absolute Gasteiger partial charge is 0.497 e. The van der Waals surface area contributed by atoms with E-state index in [0.29, 0.717) is 5.02 Å². The Labute approximate surface area is 140 Å². The Morgan fingerprint density at radius 1 is 1.23 bits per heavy atom. The topological polar surface area (TPSA) is 38.3 Å². The monoisotopic (exact) mass is 335 g/mol. The van der Waals surface area contributed by atoms with E-state index >= 15 is 0 Å². The molecule has 0 unspecified atom stereocenters. The van der Waals surface area contributed by atoms with Crippen LogP contribution in [0.2, 0.25) is 5.02 Å². The fraction of sp³-hybridized carbons (Fsp3) is 0.235. The predicted octanol–water partition coefficient (Wildman–Crippen LogP) is 4.78. The van der Waals surface area contributed by atoms with E-state index < -0.39 is 0 Å². The molecule has 0 radical (unpaired) electrons. The Hall–Kier alpha value is -1.65. The van der Waals surface area contributed by atoms with Crippen LogP contribution in [0.3, 0.4) is 0 Å². The fourth-order valence-electron chi connectivity index (χ4n) is 1.91. The number of nitrogens with one attached hydrogen (secondary N) is 1. The summed E-state index contributed by atoms with van der Waals surface area (Å²) in [5, 5.41) is 3.39. The first-order valence-electron chi connectivity index (χ1n) is 6.87. The summed E-state index contributed by atoms with van der Waals surface area (Å²) in [6.45, 7) is 3.80. The Morgan fingerprint density at radius 3 is 2.50 bits per heavy atom. The van der Waals surface area contributed by atoms with Crippen LogP contribution in [0.5, 0.6) is 5.75 Å². The Bertz CT molecular complexity index is 658. The van der Waals surface area contributed by atoms with Gasteiger partial charge in [-0.3, -0.25) is 4.79 Å². The minimum atomic E-state index is -0.205. The maximum Gasteiger partial charge on any atom is 0.237 e. The van der Waals surface area contributed by atoms with E-state index in [1.54, 1.807) is 13.2 Å². The third-order valence-electron chi connectivity index (χ3n) is 3.19. The van der Waals surface area contributed by atoms with E-state index in [0.717, 1.165) is 21.9 Å². The second-order valence-corrected chi connectivity index (χ2v) is 6.73. The average Bonchev–Trinajstić information content (AvgIpc) is 2.50. The van der Waals surface area contributed by atoms with Crippen LogP contribution >= 0.6 is 23.4 Å². The van der Waals surface area contributed by atoms with Gasteiger partial charge in [-0.15, -0.1) is 11.8 Å². The third-order valence-corrected chi connectivity index (χ3v) is 4.53. The number of carbonyl (C=O) groups is 1. The maximum atomic E-state index is 12.3. The molecule has 0 aliphatic heterocycles. The normalized spacial score (nSPS) is 11.8. The van der Waals surface area contributed by atoms with Crippen molar-refractivity contribution in [2.45, 2.75) is 24.0 Å². The minimum Gasteiger partial charge on any atom is -0.497 e. The van der Waals surface area contributed by atoms with Gasteiger partial charge >= 0.3 is 0 Å². The van der Waals surface area contributed by atoms with Gasteiger partial charge in [-0.1, -0.05) is 11.6 Å². The smallest absolute Gasteiger partial charge is 0.237 e. The standard InChI is InChI=1S/C17H18ClNO2S/c1-11-10-13(18)4-9-16(11)19-17(20)12(2)22-15-7-5-14(21-3)6-8-15/h4-10,12H,1-3H3,(H,19,20)/t12-/m0/s1. The highest BCUT2D eigenvalue weighted by Crippen LogP contribution is 2.27. The van der Waals surface area contributed by atoms with E-state index in [2.05, 4.69) is 5.32 Å². The fourth-order valence-corrected chi connectivity index (χ4v) is 3.01. The summed E-state index contributed by atoms with van der Waals surface area (Å²) in [5.41, 5.74) is 1.74. The number of benzene rings is 2. The highest BCUT2D eigenvalue weighted by atomic mass is 35.5. The molecule has 5 heteroatoms. The molecule has 2 rings (SSSR count). The number of methoxy groups -OCH3 is 1. The quantitative estimate of drug-likeness (QED) is 0.799. The molecule has 1 amide bonds. The highest BCUT2D eigenvalue weighted by Gasteiger charge is 2.15. The molecular formula is C17H18ClNO2S. The van der Waals surface area contributed by atoms with Gasteiger partial charge in [0.2, 0.25) is 5.91 Å². The van der Waals surface area contributed by atoms with Crippen LogP contribution in [0.15, 0.2) is 47.4 Å². The van der Waals surface area contributed by atoms with Crippen LogP contribution in [0.4, 0.5) is 5.69 Å². The molecule has 0 saturated carbocycles. The molecule has 1 N–H and O–H groups in total. The van der Waals surface area contributed by atoms with E-state index in [4.69, 9.17) is 16.3 Å². The molecule has 0 heterocycles. The first-order chi connectivity index (χ1) is 10.5. The van der Waals surface area contributed by atoms with Crippen molar-refractivity contribution < 1.29 is 9.53 Å². The number of hydrogen-bond acceptors (Lipinski definition) is 3. The summed E-state index contributed by atoms with van der Waals surface area (Å²) in [4.78, 5) is 13.3. The summed E-state index contributed by atoms with van der Waals surface area (Å²) in [6.07, 6.45) is 0. The Kier molecular flexibility index (Phi) is 5.75.